The number of H-pyrrole nitrogens is 1. The van der Waals surface area contributed by atoms with Crippen molar-refractivity contribution >= 4 is 27.0 Å². The van der Waals surface area contributed by atoms with Crippen molar-refractivity contribution in [3.05, 3.63) is 36.0 Å². The van der Waals surface area contributed by atoms with Crippen LogP contribution in [0.15, 0.2) is 30.3 Å². The lowest BCUT2D eigenvalue weighted by Gasteiger charge is -2.17. The van der Waals surface area contributed by atoms with Crippen molar-refractivity contribution in [3.63, 3.8) is 0 Å². The van der Waals surface area contributed by atoms with E-state index in [1.165, 1.54) is 6.92 Å². The van der Waals surface area contributed by atoms with Gasteiger partial charge in [0.25, 0.3) is 10.1 Å². The van der Waals surface area contributed by atoms with Crippen LogP contribution in [0.25, 0.3) is 10.9 Å². The Labute approximate surface area is 136 Å². The number of benzene rings is 1. The van der Waals surface area contributed by atoms with Crippen LogP contribution in [0.4, 0.5) is 0 Å². The van der Waals surface area contributed by atoms with E-state index in [1.54, 1.807) is 0 Å². The number of esters is 1. The molecule has 0 unspecified atom stereocenters. The van der Waals surface area contributed by atoms with Crippen LogP contribution in [0.2, 0.25) is 0 Å². The number of rotatable bonds is 3. The fourth-order valence-corrected chi connectivity index (χ4v) is 2.15. The van der Waals surface area contributed by atoms with Crippen molar-refractivity contribution < 1.29 is 22.1 Å². The molecule has 1 aromatic heterocycles. The molecule has 6 nitrogen and oxygen atoms in total. The molecule has 0 atom stereocenters. The van der Waals surface area contributed by atoms with Crippen LogP contribution in [-0.2, 0) is 30.4 Å². The van der Waals surface area contributed by atoms with Crippen LogP contribution in [-0.4, -0.2) is 31.2 Å². The summed E-state index contributed by atoms with van der Waals surface area (Å²) >= 11 is 0. The summed E-state index contributed by atoms with van der Waals surface area (Å²) in [6.07, 6.45) is 1.04. The number of ether oxygens (including phenoxy) is 1. The van der Waals surface area contributed by atoms with Gasteiger partial charge in [0.15, 0.2) is 0 Å². The van der Waals surface area contributed by atoms with Crippen LogP contribution in [0.1, 0.15) is 33.4 Å². The second-order valence-electron chi connectivity index (χ2n) is 6.05. The third-order valence-corrected chi connectivity index (χ3v) is 3.01. The fourth-order valence-electron chi connectivity index (χ4n) is 1.81. The molecular weight excluding hydrogens is 318 g/mol. The summed E-state index contributed by atoms with van der Waals surface area (Å²) in [4.78, 5) is 13.3. The molecule has 2 aromatic rings. The zero-order valence-corrected chi connectivity index (χ0v) is 14.9. The summed E-state index contributed by atoms with van der Waals surface area (Å²) < 4.78 is 31.1. The second kappa shape index (κ2) is 7.61. The molecular formula is C16H23NO5S. The van der Waals surface area contributed by atoms with Crippen LogP contribution in [0.3, 0.4) is 0 Å². The summed E-state index contributed by atoms with van der Waals surface area (Å²) in [7, 11) is -3.38. The zero-order chi connectivity index (χ0) is 17.7. The van der Waals surface area contributed by atoms with Gasteiger partial charge in [0, 0.05) is 18.1 Å². The fraction of sp³-hybridized carbons (Fsp3) is 0.438. The summed E-state index contributed by atoms with van der Waals surface area (Å²) in [6, 6.07) is 9.60. The maximum absolute atomic E-state index is 10.8. The van der Waals surface area contributed by atoms with E-state index in [0.29, 0.717) is 0 Å². The Balaban J connectivity index is 0.000000284. The third kappa shape index (κ3) is 8.37. The number of fused-ring (bicyclic) bond motifs is 1. The molecule has 128 valence electrons. The van der Waals surface area contributed by atoms with Crippen molar-refractivity contribution in [3.8, 4) is 0 Å². The molecule has 0 radical (unpaired) electrons. The Morgan fingerprint density at radius 1 is 1.22 bits per heavy atom. The number of hydrogen-bond acceptors (Lipinski definition) is 5. The highest BCUT2D eigenvalue weighted by molar-refractivity contribution is 7.85. The molecule has 0 aliphatic rings. The topological polar surface area (TPSA) is 85.5 Å². The smallest absolute Gasteiger partial charge is 0.303 e. The van der Waals surface area contributed by atoms with Crippen LogP contribution < -0.4 is 0 Å². The highest BCUT2D eigenvalue weighted by Gasteiger charge is 2.11. The molecule has 0 bridgehead atoms. The van der Waals surface area contributed by atoms with Gasteiger partial charge in [0.2, 0.25) is 0 Å². The Kier molecular flexibility index (Phi) is 6.35. The van der Waals surface area contributed by atoms with E-state index in [-0.39, 0.29) is 18.2 Å². The number of para-hydroxylation sites is 1. The molecule has 7 heteroatoms. The van der Waals surface area contributed by atoms with Gasteiger partial charge >= 0.3 is 5.97 Å². The normalized spacial score (nSPS) is 11.7. The SMILES string of the molecule is CC(=O)OC(C)(C)C.CS(=O)(=O)OCc1cc2ccccc2[nH]1. The van der Waals surface area contributed by atoms with Gasteiger partial charge in [-0.2, -0.15) is 8.42 Å². The van der Waals surface area contributed by atoms with Gasteiger partial charge in [0.05, 0.1) is 6.26 Å². The first-order valence-corrected chi connectivity index (χ1v) is 8.88. The van der Waals surface area contributed by atoms with Crippen molar-refractivity contribution in [2.24, 2.45) is 0 Å². The monoisotopic (exact) mass is 341 g/mol. The van der Waals surface area contributed by atoms with Gasteiger partial charge < -0.3 is 9.72 Å². The molecule has 0 aliphatic carbocycles. The van der Waals surface area contributed by atoms with E-state index in [4.69, 9.17) is 4.74 Å². The van der Waals surface area contributed by atoms with Crippen molar-refractivity contribution in [1.29, 1.82) is 0 Å². The summed E-state index contributed by atoms with van der Waals surface area (Å²) in [5.41, 5.74) is 1.40. The first-order valence-electron chi connectivity index (χ1n) is 7.07. The average Bonchev–Trinajstić information content (AvgIpc) is 2.76. The molecule has 0 saturated carbocycles. The zero-order valence-electron chi connectivity index (χ0n) is 14.0. The highest BCUT2D eigenvalue weighted by Crippen LogP contribution is 2.15. The minimum atomic E-state index is -3.38. The second-order valence-corrected chi connectivity index (χ2v) is 7.70. The lowest BCUT2D eigenvalue weighted by Crippen LogP contribution is -2.21. The quantitative estimate of drug-likeness (QED) is 0.685. The van der Waals surface area contributed by atoms with E-state index >= 15 is 0 Å². The Hall–Kier alpha value is -1.86. The molecule has 0 amide bonds. The third-order valence-electron chi connectivity index (χ3n) is 2.46. The predicted molar refractivity (Wildman–Crippen MR) is 89.5 cm³/mol. The predicted octanol–water partition coefficient (Wildman–Crippen LogP) is 2.99. The number of carbonyl (C=O) groups is 1. The number of aromatic nitrogens is 1. The van der Waals surface area contributed by atoms with Crippen molar-refractivity contribution in [2.75, 3.05) is 6.26 Å². The van der Waals surface area contributed by atoms with Crippen molar-refractivity contribution in [2.45, 2.75) is 39.9 Å². The van der Waals surface area contributed by atoms with E-state index in [0.717, 1.165) is 22.9 Å². The molecule has 1 aromatic carbocycles. The lowest BCUT2D eigenvalue weighted by molar-refractivity contribution is -0.151. The molecule has 0 spiro atoms. The minimum Gasteiger partial charge on any atom is -0.460 e. The number of aromatic amines is 1. The van der Waals surface area contributed by atoms with E-state index in [2.05, 4.69) is 9.17 Å². The first kappa shape index (κ1) is 19.2. The van der Waals surface area contributed by atoms with Gasteiger partial charge in [-0.3, -0.25) is 8.98 Å². The van der Waals surface area contributed by atoms with E-state index < -0.39 is 10.1 Å². The molecule has 0 fully saturated rings. The lowest BCUT2D eigenvalue weighted by atomic mass is 10.2. The maximum Gasteiger partial charge on any atom is 0.303 e. The summed E-state index contributed by atoms with van der Waals surface area (Å²) in [6.45, 7) is 6.98. The molecule has 0 aliphatic heterocycles. The molecule has 2 rings (SSSR count). The van der Waals surface area contributed by atoms with Crippen LogP contribution in [0.5, 0.6) is 0 Å². The van der Waals surface area contributed by atoms with Gasteiger partial charge in [0.1, 0.15) is 12.2 Å². The van der Waals surface area contributed by atoms with Crippen molar-refractivity contribution in [1.82, 2.24) is 4.98 Å². The average molecular weight is 341 g/mol. The van der Waals surface area contributed by atoms with Crippen LogP contribution >= 0.6 is 0 Å². The van der Waals surface area contributed by atoms with Gasteiger partial charge in [-0.1, -0.05) is 18.2 Å². The summed E-state index contributed by atoms with van der Waals surface area (Å²) in [5.74, 6) is -0.225. The number of nitrogens with one attached hydrogen (secondary N) is 1. The first-order chi connectivity index (χ1) is 10.5. The Morgan fingerprint density at radius 2 is 1.83 bits per heavy atom. The minimum absolute atomic E-state index is 0.0491. The van der Waals surface area contributed by atoms with Gasteiger partial charge in [-0.25, -0.2) is 0 Å². The standard InChI is InChI=1S/C10H11NO3S.C6H12O2/c1-15(12,13)14-7-9-6-8-4-2-3-5-10(8)11-9;1-5(7)8-6(2,3)4/h2-6,11H,7H2,1H3;1-4H3. The van der Waals surface area contributed by atoms with E-state index in [9.17, 15) is 13.2 Å². The van der Waals surface area contributed by atoms with Gasteiger partial charge in [-0.05, 0) is 38.3 Å². The molecule has 1 N–H and O–H groups in total. The maximum atomic E-state index is 10.8. The number of carbonyl (C=O) groups excluding carboxylic acids is 1. The molecule has 23 heavy (non-hydrogen) atoms. The molecule has 0 saturated heterocycles. The largest absolute Gasteiger partial charge is 0.460 e. The van der Waals surface area contributed by atoms with E-state index in [1.807, 2.05) is 51.1 Å². The summed E-state index contributed by atoms with van der Waals surface area (Å²) in [5, 5.41) is 1.05. The Morgan fingerprint density at radius 3 is 2.26 bits per heavy atom. The molecule has 1 heterocycles. The van der Waals surface area contributed by atoms with Gasteiger partial charge in [-0.15, -0.1) is 0 Å². The highest BCUT2D eigenvalue weighted by atomic mass is 32.2. The Bertz CT molecular complexity index is 723. The van der Waals surface area contributed by atoms with Crippen LogP contribution in [0, 0.1) is 0 Å². The number of hydrogen-bond donors (Lipinski definition) is 1.